The van der Waals surface area contributed by atoms with Gasteiger partial charge in [-0.2, -0.15) is 4.98 Å². The van der Waals surface area contributed by atoms with E-state index in [4.69, 9.17) is 5.14 Å². The zero-order valence-electron chi connectivity index (χ0n) is 11.1. The summed E-state index contributed by atoms with van der Waals surface area (Å²) >= 11 is 0. The molecule has 0 aliphatic rings. The van der Waals surface area contributed by atoms with Crippen LogP contribution in [0.15, 0.2) is 35.4 Å². The maximum Gasteiger partial charge on any atom is 0.238 e. The summed E-state index contributed by atoms with van der Waals surface area (Å²) in [5.41, 5.74) is 1.42. The minimum Gasteiger partial charge on any atom is -0.357 e. The topological polar surface area (TPSA) is 110 Å². The molecule has 0 aliphatic carbocycles. The Morgan fingerprint density at radius 2 is 2.05 bits per heavy atom. The number of nitrogens with one attached hydrogen (secondary N) is 2. The van der Waals surface area contributed by atoms with Crippen molar-refractivity contribution in [3.05, 3.63) is 36.0 Å². The first-order valence-electron chi connectivity index (χ1n) is 5.81. The van der Waals surface area contributed by atoms with Crippen LogP contribution in [0.3, 0.4) is 0 Å². The fraction of sp³-hybridized carbons (Fsp3) is 0.167. The number of nitrogens with zero attached hydrogens (tertiary/aromatic N) is 2. The number of nitrogens with two attached hydrogens (primary N) is 1. The minimum atomic E-state index is -3.73. The molecular formula is C12H15N5O2S. The summed E-state index contributed by atoms with van der Waals surface area (Å²) in [5.74, 6) is 1.07. The Balaban J connectivity index is 2.35. The van der Waals surface area contributed by atoms with Crippen molar-refractivity contribution in [1.82, 2.24) is 9.97 Å². The third kappa shape index (κ3) is 3.22. The van der Waals surface area contributed by atoms with E-state index in [1.807, 2.05) is 6.92 Å². The van der Waals surface area contributed by atoms with E-state index in [0.29, 0.717) is 17.5 Å². The average Bonchev–Trinajstić information content (AvgIpc) is 2.41. The van der Waals surface area contributed by atoms with Crippen molar-refractivity contribution < 1.29 is 8.42 Å². The van der Waals surface area contributed by atoms with E-state index >= 15 is 0 Å². The van der Waals surface area contributed by atoms with Crippen LogP contribution >= 0.6 is 0 Å². The minimum absolute atomic E-state index is 0.0445. The maximum atomic E-state index is 11.3. The molecule has 4 N–H and O–H groups in total. The van der Waals surface area contributed by atoms with Gasteiger partial charge in [-0.15, -0.1) is 0 Å². The molecule has 0 aliphatic heterocycles. The molecule has 2 rings (SSSR count). The van der Waals surface area contributed by atoms with Crippen molar-refractivity contribution in [1.29, 1.82) is 0 Å². The van der Waals surface area contributed by atoms with E-state index in [1.54, 1.807) is 25.4 Å². The first kappa shape index (κ1) is 14.2. The number of hydrogen-bond donors (Lipinski definition) is 3. The van der Waals surface area contributed by atoms with E-state index in [9.17, 15) is 8.42 Å². The fourth-order valence-corrected chi connectivity index (χ4v) is 2.14. The van der Waals surface area contributed by atoms with E-state index in [1.165, 1.54) is 12.1 Å². The Morgan fingerprint density at radius 1 is 1.30 bits per heavy atom. The van der Waals surface area contributed by atoms with Crippen molar-refractivity contribution in [3.8, 4) is 0 Å². The van der Waals surface area contributed by atoms with Gasteiger partial charge in [0.2, 0.25) is 16.0 Å². The highest BCUT2D eigenvalue weighted by molar-refractivity contribution is 7.89. The third-order valence-corrected chi connectivity index (χ3v) is 3.53. The quantitative estimate of drug-likeness (QED) is 0.781. The monoisotopic (exact) mass is 293 g/mol. The normalized spacial score (nSPS) is 11.2. The highest BCUT2D eigenvalue weighted by Gasteiger charge is 2.09. The molecule has 0 bridgehead atoms. The first-order valence-corrected chi connectivity index (χ1v) is 7.36. The Morgan fingerprint density at radius 3 is 2.70 bits per heavy atom. The number of aryl methyl sites for hydroxylation is 1. The molecule has 1 aromatic heterocycles. The van der Waals surface area contributed by atoms with Crippen LogP contribution in [-0.2, 0) is 10.0 Å². The van der Waals surface area contributed by atoms with Crippen LogP contribution in [0.2, 0.25) is 0 Å². The molecule has 20 heavy (non-hydrogen) atoms. The lowest BCUT2D eigenvalue weighted by molar-refractivity contribution is 0.598. The zero-order valence-corrected chi connectivity index (χ0v) is 11.9. The second-order valence-corrected chi connectivity index (χ2v) is 5.73. The number of primary sulfonamides is 1. The van der Waals surface area contributed by atoms with Crippen molar-refractivity contribution in [2.24, 2.45) is 5.14 Å². The van der Waals surface area contributed by atoms with Gasteiger partial charge in [0.1, 0.15) is 5.82 Å². The van der Waals surface area contributed by atoms with Crippen LogP contribution in [0.5, 0.6) is 0 Å². The third-order valence-electron chi connectivity index (χ3n) is 2.62. The zero-order chi connectivity index (χ0) is 14.8. The number of hydrogen-bond acceptors (Lipinski definition) is 6. The molecular weight excluding hydrogens is 278 g/mol. The lowest BCUT2D eigenvalue weighted by Crippen LogP contribution is -2.12. The summed E-state index contributed by atoms with van der Waals surface area (Å²) in [7, 11) is -2.01. The number of anilines is 3. The second-order valence-electron chi connectivity index (χ2n) is 4.17. The lowest BCUT2D eigenvalue weighted by Gasteiger charge is -2.10. The predicted molar refractivity (Wildman–Crippen MR) is 77.4 cm³/mol. The van der Waals surface area contributed by atoms with Gasteiger partial charge in [-0.3, -0.25) is 0 Å². The average molecular weight is 293 g/mol. The highest BCUT2D eigenvalue weighted by atomic mass is 32.2. The molecule has 0 saturated carbocycles. The summed E-state index contributed by atoms with van der Waals surface area (Å²) in [6.07, 6.45) is 1.67. The summed E-state index contributed by atoms with van der Waals surface area (Å²) in [6.45, 7) is 1.85. The number of sulfonamides is 1. The molecule has 1 aromatic carbocycles. The van der Waals surface area contributed by atoms with Gasteiger partial charge < -0.3 is 10.6 Å². The Bertz CT molecular complexity index is 730. The molecule has 0 unspecified atom stereocenters. The summed E-state index contributed by atoms with van der Waals surface area (Å²) in [4.78, 5) is 8.39. The largest absolute Gasteiger partial charge is 0.357 e. The van der Waals surface area contributed by atoms with Crippen molar-refractivity contribution in [2.75, 3.05) is 17.7 Å². The van der Waals surface area contributed by atoms with Crippen LogP contribution in [0.25, 0.3) is 0 Å². The van der Waals surface area contributed by atoms with Gasteiger partial charge in [0.15, 0.2) is 0 Å². The predicted octanol–water partition coefficient (Wildman–Crippen LogP) is 1.22. The van der Waals surface area contributed by atoms with Crippen LogP contribution in [0, 0.1) is 6.92 Å². The molecule has 0 amide bonds. The Hall–Kier alpha value is -2.19. The molecule has 0 saturated heterocycles. The highest BCUT2D eigenvalue weighted by Crippen LogP contribution is 2.21. The smallest absolute Gasteiger partial charge is 0.238 e. The molecule has 0 atom stereocenters. The van der Waals surface area contributed by atoms with Gasteiger partial charge in [-0.25, -0.2) is 18.5 Å². The van der Waals surface area contributed by atoms with Gasteiger partial charge in [0.25, 0.3) is 0 Å². The van der Waals surface area contributed by atoms with E-state index in [-0.39, 0.29) is 4.90 Å². The number of rotatable bonds is 4. The van der Waals surface area contributed by atoms with Crippen LogP contribution in [0.1, 0.15) is 5.56 Å². The molecule has 0 spiro atoms. The maximum absolute atomic E-state index is 11.3. The van der Waals surface area contributed by atoms with Gasteiger partial charge in [-0.1, -0.05) is 6.07 Å². The Kier molecular flexibility index (Phi) is 3.86. The molecule has 8 heteroatoms. The van der Waals surface area contributed by atoms with Gasteiger partial charge >= 0.3 is 0 Å². The molecule has 7 nitrogen and oxygen atoms in total. The van der Waals surface area contributed by atoms with E-state index < -0.39 is 10.0 Å². The Labute approximate surface area is 117 Å². The summed E-state index contributed by atoms with van der Waals surface area (Å²) < 4.78 is 22.6. The van der Waals surface area contributed by atoms with Crippen LogP contribution in [-0.4, -0.2) is 25.4 Å². The molecule has 2 aromatic rings. The first-order chi connectivity index (χ1) is 9.40. The number of benzene rings is 1. The van der Waals surface area contributed by atoms with E-state index in [2.05, 4.69) is 20.6 Å². The summed E-state index contributed by atoms with van der Waals surface area (Å²) in [5, 5.41) is 11.0. The molecule has 1 heterocycles. The number of aromatic nitrogens is 2. The lowest BCUT2D eigenvalue weighted by atomic mass is 10.3. The van der Waals surface area contributed by atoms with Crippen molar-refractivity contribution in [3.63, 3.8) is 0 Å². The molecule has 0 fully saturated rings. The molecule has 0 radical (unpaired) electrons. The standard InChI is InChI=1S/C12H15N5O2S/c1-8-7-15-12(14-2)17-11(8)16-9-4-3-5-10(6-9)20(13,18)19/h3-7H,1-2H3,(H2,13,18,19)(H2,14,15,16,17). The van der Waals surface area contributed by atoms with Gasteiger partial charge in [0.05, 0.1) is 4.90 Å². The summed E-state index contributed by atoms with van der Waals surface area (Å²) in [6, 6.07) is 6.23. The molecule has 106 valence electrons. The fourth-order valence-electron chi connectivity index (χ4n) is 1.58. The van der Waals surface area contributed by atoms with Crippen molar-refractivity contribution in [2.45, 2.75) is 11.8 Å². The van der Waals surface area contributed by atoms with Gasteiger partial charge in [0, 0.05) is 24.5 Å². The van der Waals surface area contributed by atoms with Gasteiger partial charge in [-0.05, 0) is 25.1 Å². The van der Waals surface area contributed by atoms with E-state index in [0.717, 1.165) is 5.56 Å². The SMILES string of the molecule is CNc1ncc(C)c(Nc2cccc(S(N)(=O)=O)c2)n1. The van der Waals surface area contributed by atoms with Crippen LogP contribution < -0.4 is 15.8 Å². The van der Waals surface area contributed by atoms with Crippen LogP contribution in [0.4, 0.5) is 17.5 Å². The van der Waals surface area contributed by atoms with Crippen molar-refractivity contribution >= 4 is 27.5 Å². The second kappa shape index (κ2) is 5.43.